The predicted molar refractivity (Wildman–Crippen MR) is 192 cm³/mol. The second-order valence-electron chi connectivity index (χ2n) is 14.3. The largest absolute Gasteiger partial charge is 0.462 e. The molecule has 0 aromatic carbocycles. The van der Waals surface area contributed by atoms with E-state index in [2.05, 4.69) is 34.6 Å². The second-order valence-corrected chi connectivity index (χ2v) is 14.3. The highest BCUT2D eigenvalue weighted by molar-refractivity contribution is 5.71. The van der Waals surface area contributed by atoms with E-state index in [0.717, 1.165) is 69.6 Å². The van der Waals surface area contributed by atoms with E-state index in [4.69, 9.17) is 14.2 Å². The number of hydrogen-bond donors (Lipinski definition) is 0. The van der Waals surface area contributed by atoms with Gasteiger partial charge in [0.05, 0.1) is 0 Å². The Bertz CT molecular complexity index is 706. The van der Waals surface area contributed by atoms with Crippen molar-refractivity contribution in [3.8, 4) is 0 Å². The number of carbonyl (C=O) groups excluding carboxylic acids is 3. The van der Waals surface area contributed by atoms with E-state index in [0.29, 0.717) is 19.3 Å². The molecule has 0 radical (unpaired) electrons. The van der Waals surface area contributed by atoms with Gasteiger partial charge in [0.15, 0.2) is 6.10 Å². The van der Waals surface area contributed by atoms with E-state index in [1.807, 2.05) is 0 Å². The molecule has 0 aliphatic rings. The summed E-state index contributed by atoms with van der Waals surface area (Å²) in [6, 6.07) is 0. The first-order valence-corrected chi connectivity index (χ1v) is 19.8. The lowest BCUT2D eigenvalue weighted by Crippen LogP contribution is -2.30. The number of carbonyl (C=O) groups is 3. The van der Waals surface area contributed by atoms with Crippen molar-refractivity contribution in [3.05, 3.63) is 0 Å². The summed E-state index contributed by atoms with van der Waals surface area (Å²) in [6.07, 6.45) is 28.2. The van der Waals surface area contributed by atoms with Gasteiger partial charge in [-0.05, 0) is 31.1 Å². The summed E-state index contributed by atoms with van der Waals surface area (Å²) in [5.74, 6) is 0.697. The number of esters is 3. The molecule has 0 amide bonds. The van der Waals surface area contributed by atoms with Gasteiger partial charge in [0, 0.05) is 19.3 Å². The van der Waals surface area contributed by atoms with E-state index < -0.39 is 6.10 Å². The van der Waals surface area contributed by atoms with E-state index >= 15 is 0 Å². The molecule has 1 unspecified atom stereocenters. The lowest BCUT2D eigenvalue weighted by molar-refractivity contribution is -0.167. The van der Waals surface area contributed by atoms with Crippen molar-refractivity contribution in [3.63, 3.8) is 0 Å². The highest BCUT2D eigenvalue weighted by Crippen LogP contribution is 2.16. The predicted octanol–water partition coefficient (Wildman–Crippen LogP) is 11.8. The van der Waals surface area contributed by atoms with Crippen LogP contribution < -0.4 is 0 Å². The average molecular weight is 653 g/mol. The van der Waals surface area contributed by atoms with E-state index in [9.17, 15) is 14.4 Å². The molecule has 46 heavy (non-hydrogen) atoms. The first-order valence-electron chi connectivity index (χ1n) is 19.8. The van der Waals surface area contributed by atoms with Gasteiger partial charge in [-0.15, -0.1) is 0 Å². The Kier molecular flexibility index (Phi) is 32.2. The average Bonchev–Trinajstić information content (AvgIpc) is 3.03. The summed E-state index contributed by atoms with van der Waals surface area (Å²) >= 11 is 0. The molecule has 272 valence electrons. The van der Waals surface area contributed by atoms with Crippen molar-refractivity contribution >= 4 is 17.9 Å². The second kappa shape index (κ2) is 33.3. The fraction of sp³-hybridized carbons (Fsp3) is 0.925. The molecule has 2 atom stereocenters. The maximum absolute atomic E-state index is 12.6. The van der Waals surface area contributed by atoms with Gasteiger partial charge < -0.3 is 14.2 Å². The van der Waals surface area contributed by atoms with Gasteiger partial charge in [-0.2, -0.15) is 0 Å². The zero-order valence-corrected chi connectivity index (χ0v) is 31.2. The quantitative estimate of drug-likeness (QED) is 0.0391. The van der Waals surface area contributed by atoms with Crippen LogP contribution in [-0.4, -0.2) is 37.2 Å². The molecule has 0 spiro atoms. The monoisotopic (exact) mass is 653 g/mol. The SMILES string of the molecule is CCCCCCCCCCCC(=O)OC[C@@H](COC(=O)CCCCCCCCC(C)CC)OC(=O)CCCCCCCCC(C)C. The molecule has 0 N–H and O–H groups in total. The first-order chi connectivity index (χ1) is 22.3. The number of rotatable bonds is 34. The van der Waals surface area contributed by atoms with Crippen molar-refractivity contribution in [2.75, 3.05) is 13.2 Å². The fourth-order valence-electron chi connectivity index (χ4n) is 5.66. The fourth-order valence-corrected chi connectivity index (χ4v) is 5.66. The van der Waals surface area contributed by atoms with E-state index in [1.165, 1.54) is 96.3 Å². The zero-order valence-electron chi connectivity index (χ0n) is 31.2. The molecule has 0 fully saturated rings. The van der Waals surface area contributed by atoms with Crippen LogP contribution in [0.3, 0.4) is 0 Å². The first kappa shape index (κ1) is 44.4. The third-order valence-electron chi connectivity index (χ3n) is 9.08. The molecule has 0 bridgehead atoms. The van der Waals surface area contributed by atoms with Crippen LogP contribution in [-0.2, 0) is 28.6 Å². The highest BCUT2D eigenvalue weighted by Gasteiger charge is 2.19. The minimum absolute atomic E-state index is 0.0677. The van der Waals surface area contributed by atoms with Gasteiger partial charge in [-0.1, -0.05) is 169 Å². The van der Waals surface area contributed by atoms with Gasteiger partial charge in [-0.25, -0.2) is 0 Å². The van der Waals surface area contributed by atoms with Crippen LogP contribution in [0.4, 0.5) is 0 Å². The van der Waals surface area contributed by atoms with Crippen LogP contribution in [0.5, 0.6) is 0 Å². The molecular formula is C40H76O6. The molecule has 6 nitrogen and oxygen atoms in total. The Morgan fingerprint density at radius 3 is 1.24 bits per heavy atom. The third-order valence-corrected chi connectivity index (χ3v) is 9.08. The van der Waals surface area contributed by atoms with Crippen LogP contribution in [0.1, 0.15) is 208 Å². The summed E-state index contributed by atoms with van der Waals surface area (Å²) in [5, 5.41) is 0. The van der Waals surface area contributed by atoms with Crippen LogP contribution in [0.2, 0.25) is 0 Å². The van der Waals surface area contributed by atoms with Crippen LogP contribution in [0.25, 0.3) is 0 Å². The van der Waals surface area contributed by atoms with Gasteiger partial charge >= 0.3 is 17.9 Å². The van der Waals surface area contributed by atoms with Gasteiger partial charge in [0.25, 0.3) is 0 Å². The number of ether oxygens (including phenoxy) is 3. The van der Waals surface area contributed by atoms with Crippen molar-refractivity contribution in [1.82, 2.24) is 0 Å². The molecule has 0 aliphatic heterocycles. The molecule has 0 heterocycles. The molecule has 0 aromatic heterocycles. The third kappa shape index (κ3) is 32.4. The van der Waals surface area contributed by atoms with Crippen LogP contribution in [0, 0.1) is 11.8 Å². The van der Waals surface area contributed by atoms with E-state index in [-0.39, 0.29) is 31.1 Å². The van der Waals surface area contributed by atoms with Crippen LogP contribution in [0.15, 0.2) is 0 Å². The molecule has 0 saturated carbocycles. The summed E-state index contributed by atoms with van der Waals surface area (Å²) in [6.45, 7) is 11.2. The topological polar surface area (TPSA) is 78.9 Å². The summed E-state index contributed by atoms with van der Waals surface area (Å²) in [4.78, 5) is 37.4. The highest BCUT2D eigenvalue weighted by atomic mass is 16.6. The van der Waals surface area contributed by atoms with Crippen molar-refractivity contribution in [2.24, 2.45) is 11.8 Å². The van der Waals surface area contributed by atoms with Crippen molar-refractivity contribution in [1.29, 1.82) is 0 Å². The molecule has 0 saturated heterocycles. The smallest absolute Gasteiger partial charge is 0.306 e. The lowest BCUT2D eigenvalue weighted by atomic mass is 10.00. The Morgan fingerprint density at radius 2 is 0.826 bits per heavy atom. The van der Waals surface area contributed by atoms with Gasteiger partial charge in [-0.3, -0.25) is 14.4 Å². The Balaban J connectivity index is 4.38. The lowest BCUT2D eigenvalue weighted by Gasteiger charge is -2.18. The molecule has 0 aromatic rings. The minimum atomic E-state index is -0.759. The molecule has 6 heteroatoms. The zero-order chi connectivity index (χ0) is 34.1. The summed E-state index contributed by atoms with van der Waals surface area (Å²) in [7, 11) is 0. The Labute approximate surface area is 285 Å². The van der Waals surface area contributed by atoms with E-state index in [1.54, 1.807) is 0 Å². The van der Waals surface area contributed by atoms with Gasteiger partial charge in [0.1, 0.15) is 13.2 Å². The minimum Gasteiger partial charge on any atom is -0.462 e. The van der Waals surface area contributed by atoms with Crippen molar-refractivity contribution < 1.29 is 28.6 Å². The molecule has 0 rings (SSSR count). The maximum atomic E-state index is 12.6. The Hall–Kier alpha value is -1.59. The summed E-state index contributed by atoms with van der Waals surface area (Å²) in [5.41, 5.74) is 0. The molecule has 0 aliphatic carbocycles. The Morgan fingerprint density at radius 1 is 0.457 bits per heavy atom. The standard InChI is InChI=1S/C40H76O6/c1-6-8-9-10-11-12-13-20-25-30-38(41)44-33-37(46-40(43)32-27-22-16-14-18-23-28-35(3)4)34-45-39(42)31-26-21-17-15-19-24-29-36(5)7-2/h35-37H,6-34H2,1-5H3/t36?,37-/m0/s1. The number of hydrogen-bond acceptors (Lipinski definition) is 6. The molecular weight excluding hydrogens is 576 g/mol. The summed E-state index contributed by atoms with van der Waals surface area (Å²) < 4.78 is 16.6. The van der Waals surface area contributed by atoms with Crippen molar-refractivity contribution in [2.45, 2.75) is 214 Å². The van der Waals surface area contributed by atoms with Crippen LogP contribution >= 0.6 is 0 Å². The maximum Gasteiger partial charge on any atom is 0.306 e. The van der Waals surface area contributed by atoms with Gasteiger partial charge in [0.2, 0.25) is 0 Å². The number of unbranched alkanes of at least 4 members (excludes halogenated alkanes) is 18. The normalized spacial score (nSPS) is 12.7.